The minimum Gasteiger partial charge on any atom is -0.345 e. The van der Waals surface area contributed by atoms with Crippen molar-refractivity contribution in [1.29, 1.82) is 0 Å². The first-order chi connectivity index (χ1) is 11.4. The van der Waals surface area contributed by atoms with Crippen molar-refractivity contribution >= 4 is 17.5 Å². The zero-order valence-electron chi connectivity index (χ0n) is 14.5. The van der Waals surface area contributed by atoms with E-state index in [-0.39, 0.29) is 17.9 Å². The fraction of sp³-hybridized carbons (Fsp3) is 0.389. The molecule has 0 fully saturated rings. The number of nitrogens with one attached hydrogen (secondary N) is 1. The molecule has 1 aliphatic heterocycles. The van der Waals surface area contributed by atoms with Crippen LogP contribution >= 0.6 is 0 Å². The summed E-state index contributed by atoms with van der Waals surface area (Å²) in [7, 11) is 1.88. The van der Waals surface area contributed by atoms with Gasteiger partial charge in [0.2, 0.25) is 5.91 Å². The Balaban J connectivity index is 1.77. The molecule has 2 aromatic rings. The largest absolute Gasteiger partial charge is 0.345 e. The molecule has 1 aromatic heterocycles. The number of fused-ring (bicyclic) bond motifs is 1. The zero-order chi connectivity index (χ0) is 17.4. The third kappa shape index (κ3) is 2.79. The van der Waals surface area contributed by atoms with E-state index in [1.165, 1.54) is 0 Å². The molecule has 0 spiro atoms. The van der Waals surface area contributed by atoms with E-state index >= 15 is 0 Å². The minimum atomic E-state index is -0.117. The number of aromatic nitrogens is 2. The lowest BCUT2D eigenvalue weighted by molar-refractivity contribution is -0.116. The van der Waals surface area contributed by atoms with E-state index in [0.29, 0.717) is 12.1 Å². The first-order valence-electron chi connectivity index (χ1n) is 8.09. The maximum absolute atomic E-state index is 12.5. The molecule has 24 heavy (non-hydrogen) atoms. The molecule has 2 heterocycles. The highest BCUT2D eigenvalue weighted by atomic mass is 16.2. The molecule has 0 bridgehead atoms. The first kappa shape index (κ1) is 16.2. The summed E-state index contributed by atoms with van der Waals surface area (Å²) in [5, 5.41) is 7.24. The van der Waals surface area contributed by atoms with Crippen molar-refractivity contribution in [2.75, 3.05) is 11.4 Å². The molecular weight excluding hydrogens is 304 g/mol. The number of carbonyl (C=O) groups excluding carboxylic acids is 2. The van der Waals surface area contributed by atoms with Crippen LogP contribution in [0, 0.1) is 6.92 Å². The fourth-order valence-electron chi connectivity index (χ4n) is 3.17. The second kappa shape index (κ2) is 6.11. The Morgan fingerprint density at radius 2 is 2.08 bits per heavy atom. The van der Waals surface area contributed by atoms with Crippen LogP contribution in [-0.2, 0) is 18.3 Å². The average molecular weight is 326 g/mol. The third-order valence-corrected chi connectivity index (χ3v) is 4.70. The Morgan fingerprint density at radius 1 is 1.33 bits per heavy atom. The summed E-state index contributed by atoms with van der Waals surface area (Å²) in [4.78, 5) is 25.9. The number of amides is 2. The highest BCUT2D eigenvalue weighted by molar-refractivity contribution is 5.98. The predicted octanol–water partition coefficient (Wildman–Crippen LogP) is 2.13. The van der Waals surface area contributed by atoms with Gasteiger partial charge in [-0.1, -0.05) is 0 Å². The van der Waals surface area contributed by atoms with E-state index in [1.807, 2.05) is 33.0 Å². The van der Waals surface area contributed by atoms with Gasteiger partial charge in [0.25, 0.3) is 5.91 Å². The van der Waals surface area contributed by atoms with Gasteiger partial charge in [0.1, 0.15) is 0 Å². The summed E-state index contributed by atoms with van der Waals surface area (Å²) in [6, 6.07) is 5.40. The lowest BCUT2D eigenvalue weighted by atomic mass is 10.1. The molecule has 0 saturated carbocycles. The SMILES string of the molecule is CC(=O)N1CCc2cc(C(=O)NC(C)c3cnn(C)c3C)ccc21. The smallest absolute Gasteiger partial charge is 0.251 e. The quantitative estimate of drug-likeness (QED) is 0.939. The number of aryl methyl sites for hydroxylation is 1. The van der Waals surface area contributed by atoms with Gasteiger partial charge in [0.15, 0.2) is 0 Å². The summed E-state index contributed by atoms with van der Waals surface area (Å²) in [6.07, 6.45) is 2.57. The summed E-state index contributed by atoms with van der Waals surface area (Å²) in [5.74, 6) is -0.0820. The van der Waals surface area contributed by atoms with Crippen LogP contribution in [0.15, 0.2) is 24.4 Å². The molecular formula is C18H22N4O2. The van der Waals surface area contributed by atoms with Gasteiger partial charge in [-0.3, -0.25) is 14.3 Å². The maximum Gasteiger partial charge on any atom is 0.251 e. The van der Waals surface area contributed by atoms with Gasteiger partial charge in [0.05, 0.1) is 12.2 Å². The van der Waals surface area contributed by atoms with Crippen molar-refractivity contribution < 1.29 is 9.59 Å². The Morgan fingerprint density at radius 3 is 2.71 bits per heavy atom. The topological polar surface area (TPSA) is 67.2 Å². The number of hydrogen-bond acceptors (Lipinski definition) is 3. The van der Waals surface area contributed by atoms with Crippen molar-refractivity contribution in [2.24, 2.45) is 7.05 Å². The number of carbonyl (C=O) groups is 2. The van der Waals surface area contributed by atoms with Crippen LogP contribution in [0.1, 0.15) is 47.1 Å². The van der Waals surface area contributed by atoms with E-state index in [9.17, 15) is 9.59 Å². The Bertz CT molecular complexity index is 809. The van der Waals surface area contributed by atoms with Crippen molar-refractivity contribution in [1.82, 2.24) is 15.1 Å². The summed E-state index contributed by atoms with van der Waals surface area (Å²) < 4.78 is 1.80. The van der Waals surface area contributed by atoms with Crippen LogP contribution in [0.2, 0.25) is 0 Å². The molecule has 0 aliphatic carbocycles. The maximum atomic E-state index is 12.5. The zero-order valence-corrected chi connectivity index (χ0v) is 14.5. The van der Waals surface area contributed by atoms with E-state index < -0.39 is 0 Å². The van der Waals surface area contributed by atoms with Crippen LogP contribution in [0.5, 0.6) is 0 Å². The van der Waals surface area contributed by atoms with E-state index in [4.69, 9.17) is 0 Å². The summed E-state index contributed by atoms with van der Waals surface area (Å²) in [5.41, 5.74) is 4.62. The Kier molecular flexibility index (Phi) is 4.13. The standard InChI is InChI=1S/C18H22N4O2/c1-11(16-10-19-21(4)12(16)2)20-18(24)15-5-6-17-14(9-15)7-8-22(17)13(3)23/h5-6,9-11H,7-8H2,1-4H3,(H,20,24). The fourth-order valence-corrected chi connectivity index (χ4v) is 3.17. The molecule has 6 nitrogen and oxygen atoms in total. The lowest BCUT2D eigenvalue weighted by Gasteiger charge is -2.16. The number of nitrogens with zero attached hydrogens (tertiary/aromatic N) is 3. The monoisotopic (exact) mass is 326 g/mol. The molecule has 1 atom stereocenters. The number of anilines is 1. The normalized spacial score (nSPS) is 14.4. The van der Waals surface area contributed by atoms with Crippen LogP contribution in [-0.4, -0.2) is 28.1 Å². The van der Waals surface area contributed by atoms with Gasteiger partial charge in [-0.15, -0.1) is 0 Å². The predicted molar refractivity (Wildman–Crippen MR) is 92.0 cm³/mol. The first-order valence-corrected chi connectivity index (χ1v) is 8.09. The second-order valence-electron chi connectivity index (χ2n) is 6.27. The van der Waals surface area contributed by atoms with Crippen molar-refractivity contribution in [3.8, 4) is 0 Å². The lowest BCUT2D eigenvalue weighted by Crippen LogP contribution is -2.27. The minimum absolute atomic E-state index is 0.0339. The molecule has 0 saturated heterocycles. The van der Waals surface area contributed by atoms with Crippen LogP contribution < -0.4 is 10.2 Å². The van der Waals surface area contributed by atoms with E-state index in [1.54, 1.807) is 28.8 Å². The van der Waals surface area contributed by atoms with Crippen LogP contribution in [0.25, 0.3) is 0 Å². The van der Waals surface area contributed by atoms with Crippen LogP contribution in [0.3, 0.4) is 0 Å². The molecule has 2 amide bonds. The molecule has 6 heteroatoms. The summed E-state index contributed by atoms with van der Waals surface area (Å²) in [6.45, 7) is 6.18. The number of rotatable bonds is 3. The molecule has 0 radical (unpaired) electrons. The number of hydrogen-bond donors (Lipinski definition) is 1. The van der Waals surface area contributed by atoms with Gasteiger partial charge >= 0.3 is 0 Å². The highest BCUT2D eigenvalue weighted by Crippen LogP contribution is 2.29. The van der Waals surface area contributed by atoms with Gasteiger partial charge in [-0.2, -0.15) is 5.10 Å². The highest BCUT2D eigenvalue weighted by Gasteiger charge is 2.23. The third-order valence-electron chi connectivity index (χ3n) is 4.70. The molecule has 1 N–H and O–H groups in total. The average Bonchev–Trinajstić information content (AvgIpc) is 3.11. The molecule has 1 unspecified atom stereocenters. The van der Waals surface area contributed by atoms with Gasteiger partial charge in [-0.05, 0) is 44.0 Å². The van der Waals surface area contributed by atoms with Crippen molar-refractivity contribution in [3.63, 3.8) is 0 Å². The Labute approximate surface area is 141 Å². The molecule has 1 aliphatic rings. The van der Waals surface area contributed by atoms with E-state index in [2.05, 4.69) is 10.4 Å². The van der Waals surface area contributed by atoms with Gasteiger partial charge < -0.3 is 10.2 Å². The number of benzene rings is 1. The van der Waals surface area contributed by atoms with Crippen LogP contribution in [0.4, 0.5) is 5.69 Å². The molecule has 1 aromatic carbocycles. The molecule has 126 valence electrons. The van der Waals surface area contributed by atoms with Gasteiger partial charge in [-0.25, -0.2) is 0 Å². The van der Waals surface area contributed by atoms with Gasteiger partial charge in [0, 0.05) is 43.0 Å². The second-order valence-corrected chi connectivity index (χ2v) is 6.27. The summed E-state index contributed by atoms with van der Waals surface area (Å²) >= 11 is 0. The Hall–Kier alpha value is -2.63. The van der Waals surface area contributed by atoms with E-state index in [0.717, 1.165) is 28.9 Å². The molecule has 3 rings (SSSR count). The van der Waals surface area contributed by atoms with Crippen molar-refractivity contribution in [3.05, 3.63) is 46.8 Å². The van der Waals surface area contributed by atoms with Crippen molar-refractivity contribution in [2.45, 2.75) is 33.2 Å².